The van der Waals surface area contributed by atoms with Gasteiger partial charge in [0.25, 0.3) is 0 Å². The summed E-state index contributed by atoms with van der Waals surface area (Å²) in [5.41, 5.74) is 1.47. The number of nitrogens with one attached hydrogen (secondary N) is 2. The maximum absolute atomic E-state index is 7.88. The van der Waals surface area contributed by atoms with Crippen molar-refractivity contribution in [2.75, 3.05) is 11.9 Å². The van der Waals surface area contributed by atoms with E-state index >= 15 is 0 Å². The van der Waals surface area contributed by atoms with Crippen LogP contribution < -0.4 is 5.32 Å². The van der Waals surface area contributed by atoms with Crippen molar-refractivity contribution in [2.24, 2.45) is 10.9 Å². The van der Waals surface area contributed by atoms with Gasteiger partial charge in [0.1, 0.15) is 5.69 Å². The van der Waals surface area contributed by atoms with Gasteiger partial charge in [-0.25, -0.2) is 15.0 Å². The highest BCUT2D eigenvalue weighted by Gasteiger charge is 2.05. The van der Waals surface area contributed by atoms with Crippen LogP contribution in [0.25, 0.3) is 0 Å². The monoisotopic (exact) mass is 233 g/mol. The first-order chi connectivity index (χ1) is 8.04. The predicted molar refractivity (Wildman–Crippen MR) is 71.0 cm³/mol. The lowest BCUT2D eigenvalue weighted by Gasteiger charge is -2.06. The minimum atomic E-state index is 0.178. The molecule has 0 amide bonds. The molecule has 0 unspecified atom stereocenters. The first kappa shape index (κ1) is 13.3. The Hall–Kier alpha value is -1.78. The summed E-state index contributed by atoms with van der Waals surface area (Å²) >= 11 is 0. The smallest absolute Gasteiger partial charge is 0.223 e. The predicted octanol–water partition coefficient (Wildman–Crippen LogP) is 2.35. The number of aromatic nitrogens is 2. The summed E-state index contributed by atoms with van der Waals surface area (Å²) in [5.74, 6) is 1.05. The Labute approximate surface area is 102 Å². The van der Waals surface area contributed by atoms with Crippen LogP contribution >= 0.6 is 0 Å². The van der Waals surface area contributed by atoms with Gasteiger partial charge in [0, 0.05) is 18.5 Å². The van der Waals surface area contributed by atoms with Gasteiger partial charge in [-0.2, -0.15) is 0 Å². The normalized spacial score (nSPS) is 11.7. The fraction of sp³-hybridized carbons (Fsp3) is 0.500. The molecule has 0 saturated carbocycles. The lowest BCUT2D eigenvalue weighted by atomic mass is 10.1. The van der Waals surface area contributed by atoms with Crippen LogP contribution in [0.5, 0.6) is 0 Å². The minimum Gasteiger partial charge on any atom is -0.354 e. The first-order valence-corrected chi connectivity index (χ1v) is 5.75. The van der Waals surface area contributed by atoms with E-state index in [1.165, 1.54) is 0 Å². The second-order valence-electron chi connectivity index (χ2n) is 4.05. The van der Waals surface area contributed by atoms with E-state index in [9.17, 15) is 0 Å². The molecular formula is C12H19N5. The zero-order chi connectivity index (χ0) is 12.8. The fourth-order valence-electron chi connectivity index (χ4n) is 1.10. The number of amidine groups is 1. The highest BCUT2D eigenvalue weighted by atomic mass is 15.1. The summed E-state index contributed by atoms with van der Waals surface area (Å²) in [6.45, 7) is 8.76. The Morgan fingerprint density at radius 1 is 1.53 bits per heavy atom. The number of hydrogen-bond donors (Lipinski definition) is 2. The molecular weight excluding hydrogens is 214 g/mol. The van der Waals surface area contributed by atoms with E-state index in [2.05, 4.69) is 34.1 Å². The number of rotatable bonds is 4. The highest BCUT2D eigenvalue weighted by Crippen LogP contribution is 2.04. The van der Waals surface area contributed by atoms with Crippen molar-refractivity contribution < 1.29 is 0 Å². The maximum Gasteiger partial charge on any atom is 0.223 e. The van der Waals surface area contributed by atoms with Crippen molar-refractivity contribution >= 4 is 17.5 Å². The Morgan fingerprint density at radius 3 is 2.82 bits per heavy atom. The summed E-state index contributed by atoms with van der Waals surface area (Å²) in [5, 5.41) is 10.9. The van der Waals surface area contributed by atoms with Crippen molar-refractivity contribution in [3.63, 3.8) is 0 Å². The number of aliphatic imine (C=N–C) groups is 1. The quantitative estimate of drug-likeness (QED) is 0.619. The van der Waals surface area contributed by atoms with Crippen LogP contribution in [0, 0.1) is 11.3 Å². The molecule has 1 heterocycles. The van der Waals surface area contributed by atoms with E-state index < -0.39 is 0 Å². The van der Waals surface area contributed by atoms with Crippen LogP contribution in [0.3, 0.4) is 0 Å². The van der Waals surface area contributed by atoms with Gasteiger partial charge in [-0.3, -0.25) is 5.41 Å². The molecule has 5 heteroatoms. The van der Waals surface area contributed by atoms with Gasteiger partial charge < -0.3 is 5.32 Å². The summed E-state index contributed by atoms with van der Waals surface area (Å²) in [4.78, 5) is 12.5. The summed E-state index contributed by atoms with van der Waals surface area (Å²) in [6, 6.07) is 1.69. The third-order valence-electron chi connectivity index (χ3n) is 2.36. The zero-order valence-electron chi connectivity index (χ0n) is 10.8. The van der Waals surface area contributed by atoms with Crippen molar-refractivity contribution in [3.8, 4) is 0 Å². The average Bonchev–Trinajstić information content (AvgIpc) is 2.29. The molecule has 2 N–H and O–H groups in total. The summed E-state index contributed by atoms with van der Waals surface area (Å²) < 4.78 is 0. The van der Waals surface area contributed by atoms with Crippen LogP contribution in [0.15, 0.2) is 17.3 Å². The molecule has 0 radical (unpaired) electrons. The molecule has 0 aliphatic heterocycles. The Morgan fingerprint density at radius 2 is 2.24 bits per heavy atom. The van der Waals surface area contributed by atoms with Crippen LogP contribution in [0.4, 0.5) is 5.95 Å². The van der Waals surface area contributed by atoms with Gasteiger partial charge in [0.05, 0.1) is 0 Å². The van der Waals surface area contributed by atoms with Gasteiger partial charge in [0.15, 0.2) is 5.84 Å². The van der Waals surface area contributed by atoms with Gasteiger partial charge in [-0.05, 0) is 25.8 Å². The topological polar surface area (TPSA) is 74.0 Å². The molecule has 5 nitrogen and oxygen atoms in total. The molecule has 0 aromatic carbocycles. The second kappa shape index (κ2) is 6.08. The van der Waals surface area contributed by atoms with E-state index in [0.717, 1.165) is 12.3 Å². The molecule has 0 saturated heterocycles. The number of nitrogens with zero attached hydrogens (tertiary/aromatic N) is 3. The Bertz CT molecular complexity index is 423. The van der Waals surface area contributed by atoms with E-state index in [0.29, 0.717) is 17.6 Å². The van der Waals surface area contributed by atoms with E-state index in [1.54, 1.807) is 12.3 Å². The molecule has 0 spiro atoms. The summed E-state index contributed by atoms with van der Waals surface area (Å²) in [6.07, 6.45) is 1.63. The van der Waals surface area contributed by atoms with Crippen LogP contribution in [0.1, 0.15) is 33.4 Å². The van der Waals surface area contributed by atoms with E-state index in [1.807, 2.05) is 13.8 Å². The molecule has 0 aliphatic carbocycles. The van der Waals surface area contributed by atoms with Crippen LogP contribution in [-0.4, -0.2) is 28.1 Å². The van der Waals surface area contributed by atoms with Crippen molar-refractivity contribution in [1.82, 2.24) is 9.97 Å². The molecule has 1 aromatic rings. The standard InChI is InChI=1S/C12H19N5/c1-5-14-12-15-7-6-10(17-12)11(13)16-9(4)8(2)3/h6-8,13H,5H2,1-4H3,(H,14,15,17)/b13-11?,16-9+. The van der Waals surface area contributed by atoms with Crippen molar-refractivity contribution in [3.05, 3.63) is 18.0 Å². The molecule has 0 fully saturated rings. The second-order valence-corrected chi connectivity index (χ2v) is 4.05. The van der Waals surface area contributed by atoms with Crippen molar-refractivity contribution in [2.45, 2.75) is 27.7 Å². The molecule has 1 rings (SSSR count). The lowest BCUT2D eigenvalue weighted by molar-refractivity contribution is 0.880. The highest BCUT2D eigenvalue weighted by molar-refractivity contribution is 6.04. The molecule has 92 valence electrons. The third kappa shape index (κ3) is 3.94. The van der Waals surface area contributed by atoms with E-state index in [-0.39, 0.29) is 5.84 Å². The minimum absolute atomic E-state index is 0.178. The summed E-state index contributed by atoms with van der Waals surface area (Å²) in [7, 11) is 0. The maximum atomic E-state index is 7.88. The van der Waals surface area contributed by atoms with Gasteiger partial charge in [-0.15, -0.1) is 0 Å². The molecule has 1 aromatic heterocycles. The zero-order valence-corrected chi connectivity index (χ0v) is 10.8. The van der Waals surface area contributed by atoms with Crippen LogP contribution in [0.2, 0.25) is 0 Å². The largest absolute Gasteiger partial charge is 0.354 e. The van der Waals surface area contributed by atoms with Crippen LogP contribution in [-0.2, 0) is 0 Å². The van der Waals surface area contributed by atoms with E-state index in [4.69, 9.17) is 5.41 Å². The molecule has 0 aliphatic rings. The van der Waals surface area contributed by atoms with Gasteiger partial charge in [0.2, 0.25) is 5.95 Å². The Kier molecular flexibility index (Phi) is 4.75. The number of anilines is 1. The van der Waals surface area contributed by atoms with Gasteiger partial charge in [-0.1, -0.05) is 13.8 Å². The van der Waals surface area contributed by atoms with Gasteiger partial charge >= 0.3 is 0 Å². The Balaban J connectivity index is 2.89. The third-order valence-corrected chi connectivity index (χ3v) is 2.36. The number of hydrogen-bond acceptors (Lipinski definition) is 4. The van der Waals surface area contributed by atoms with Crippen molar-refractivity contribution in [1.29, 1.82) is 5.41 Å². The molecule has 0 atom stereocenters. The molecule has 0 bridgehead atoms. The molecule has 17 heavy (non-hydrogen) atoms. The first-order valence-electron chi connectivity index (χ1n) is 5.75. The lowest BCUT2D eigenvalue weighted by Crippen LogP contribution is -2.10. The average molecular weight is 233 g/mol. The SMILES string of the molecule is CCNc1nccc(C(=N)/N=C(\C)C(C)C)n1. The fourth-order valence-corrected chi connectivity index (χ4v) is 1.10.